The van der Waals surface area contributed by atoms with Gasteiger partial charge in [-0.15, -0.1) is 0 Å². The van der Waals surface area contributed by atoms with E-state index in [1.165, 1.54) is 0 Å². The minimum atomic E-state index is -3.67. The third-order valence-corrected chi connectivity index (χ3v) is 4.72. The summed E-state index contributed by atoms with van der Waals surface area (Å²) in [4.78, 5) is 0.208. The summed E-state index contributed by atoms with van der Waals surface area (Å²) in [5.41, 5.74) is 7.67. The lowest BCUT2D eigenvalue weighted by Gasteiger charge is -2.14. The number of anilines is 2. The van der Waals surface area contributed by atoms with Crippen molar-refractivity contribution in [1.29, 1.82) is 0 Å². The first-order chi connectivity index (χ1) is 10.9. The van der Waals surface area contributed by atoms with Gasteiger partial charge in [0.05, 0.1) is 17.2 Å². The van der Waals surface area contributed by atoms with Gasteiger partial charge in [-0.25, -0.2) is 8.42 Å². The smallest absolute Gasteiger partial charge is 0.262 e. The zero-order valence-corrected chi connectivity index (χ0v) is 14.2. The molecule has 6 heteroatoms. The van der Waals surface area contributed by atoms with Gasteiger partial charge in [0.25, 0.3) is 10.0 Å². The maximum Gasteiger partial charge on any atom is 0.262 e. The number of rotatable bonds is 7. The minimum absolute atomic E-state index is 0.208. The molecule has 0 amide bonds. The average Bonchev–Trinajstić information content (AvgIpc) is 2.50. The highest BCUT2D eigenvalue weighted by atomic mass is 32.2. The largest absolute Gasteiger partial charge is 0.491 e. The van der Waals surface area contributed by atoms with Gasteiger partial charge < -0.3 is 10.5 Å². The quantitative estimate of drug-likeness (QED) is 0.599. The van der Waals surface area contributed by atoms with E-state index in [0.29, 0.717) is 23.7 Å². The molecule has 2 aromatic carbocycles. The maximum atomic E-state index is 12.5. The molecule has 0 heterocycles. The van der Waals surface area contributed by atoms with E-state index in [4.69, 9.17) is 10.5 Å². The van der Waals surface area contributed by atoms with Gasteiger partial charge in [-0.2, -0.15) is 0 Å². The number of nitrogen functional groups attached to an aromatic ring is 1. The molecule has 124 valence electrons. The van der Waals surface area contributed by atoms with Crippen LogP contribution in [0.4, 0.5) is 11.4 Å². The Kier molecular flexibility index (Phi) is 5.50. The first-order valence-electron chi connectivity index (χ1n) is 7.54. The molecule has 3 N–H and O–H groups in total. The van der Waals surface area contributed by atoms with Crippen molar-refractivity contribution in [3.63, 3.8) is 0 Å². The molecule has 0 bridgehead atoms. The Hall–Kier alpha value is -2.21. The van der Waals surface area contributed by atoms with Crippen LogP contribution in [0.5, 0.6) is 5.75 Å². The molecule has 23 heavy (non-hydrogen) atoms. The molecule has 0 fully saturated rings. The van der Waals surface area contributed by atoms with E-state index < -0.39 is 10.0 Å². The second-order valence-electron chi connectivity index (χ2n) is 5.38. The van der Waals surface area contributed by atoms with Crippen LogP contribution in [-0.4, -0.2) is 15.0 Å². The molecule has 0 spiro atoms. The standard InChI is InChI=1S/C17H22N2O3S/c1-3-4-11-22-17-12-14(18)7-10-16(17)19-23(20,21)15-8-5-13(2)6-9-15/h5-10,12,19H,3-4,11,18H2,1-2H3. The SMILES string of the molecule is CCCCOc1cc(N)ccc1NS(=O)(=O)c1ccc(C)cc1. The van der Waals surface area contributed by atoms with E-state index in [-0.39, 0.29) is 4.90 Å². The summed E-state index contributed by atoms with van der Waals surface area (Å²) in [5, 5.41) is 0. The van der Waals surface area contributed by atoms with Crippen molar-refractivity contribution in [3.8, 4) is 5.75 Å². The van der Waals surface area contributed by atoms with Crippen LogP contribution < -0.4 is 15.2 Å². The fraction of sp³-hybridized carbons (Fsp3) is 0.294. The van der Waals surface area contributed by atoms with Gasteiger partial charge in [-0.05, 0) is 37.6 Å². The van der Waals surface area contributed by atoms with Crippen LogP contribution in [-0.2, 0) is 10.0 Å². The molecular formula is C17H22N2O3S. The minimum Gasteiger partial charge on any atom is -0.491 e. The van der Waals surface area contributed by atoms with Crippen molar-refractivity contribution in [2.75, 3.05) is 17.1 Å². The first kappa shape index (κ1) is 17.1. The van der Waals surface area contributed by atoms with Gasteiger partial charge >= 0.3 is 0 Å². The normalized spacial score (nSPS) is 11.2. The number of sulfonamides is 1. The van der Waals surface area contributed by atoms with Crippen LogP contribution in [0, 0.1) is 6.92 Å². The van der Waals surface area contributed by atoms with E-state index in [1.54, 1.807) is 42.5 Å². The van der Waals surface area contributed by atoms with Crippen molar-refractivity contribution in [1.82, 2.24) is 0 Å². The monoisotopic (exact) mass is 334 g/mol. The Morgan fingerprint density at radius 3 is 2.48 bits per heavy atom. The van der Waals surface area contributed by atoms with Crippen molar-refractivity contribution < 1.29 is 13.2 Å². The van der Waals surface area contributed by atoms with Gasteiger partial charge in [0.1, 0.15) is 5.75 Å². The van der Waals surface area contributed by atoms with Crippen molar-refractivity contribution in [2.24, 2.45) is 0 Å². The fourth-order valence-electron chi connectivity index (χ4n) is 1.99. The Morgan fingerprint density at radius 1 is 1.13 bits per heavy atom. The van der Waals surface area contributed by atoms with Crippen LogP contribution in [0.15, 0.2) is 47.4 Å². The molecule has 0 saturated heterocycles. The van der Waals surface area contributed by atoms with E-state index >= 15 is 0 Å². The molecule has 0 aliphatic carbocycles. The van der Waals surface area contributed by atoms with Gasteiger partial charge in [-0.1, -0.05) is 31.0 Å². The van der Waals surface area contributed by atoms with Crippen LogP contribution in [0.25, 0.3) is 0 Å². The van der Waals surface area contributed by atoms with E-state index in [0.717, 1.165) is 18.4 Å². The van der Waals surface area contributed by atoms with Gasteiger partial charge in [0.2, 0.25) is 0 Å². The van der Waals surface area contributed by atoms with Crippen LogP contribution >= 0.6 is 0 Å². The third-order valence-electron chi connectivity index (χ3n) is 3.34. The Balaban J connectivity index is 2.26. The lowest BCUT2D eigenvalue weighted by molar-refractivity contribution is 0.311. The lowest BCUT2D eigenvalue weighted by atomic mass is 10.2. The predicted octanol–water partition coefficient (Wildman–Crippen LogP) is 3.56. The van der Waals surface area contributed by atoms with Crippen LogP contribution in [0.1, 0.15) is 25.3 Å². The van der Waals surface area contributed by atoms with E-state index in [1.807, 2.05) is 6.92 Å². The zero-order valence-electron chi connectivity index (χ0n) is 13.4. The summed E-state index contributed by atoms with van der Waals surface area (Å²) in [7, 11) is -3.67. The molecule has 0 unspecified atom stereocenters. The molecule has 0 aliphatic heterocycles. The van der Waals surface area contributed by atoms with E-state index in [9.17, 15) is 8.42 Å². The lowest BCUT2D eigenvalue weighted by Crippen LogP contribution is -2.14. The van der Waals surface area contributed by atoms with E-state index in [2.05, 4.69) is 11.6 Å². The second-order valence-corrected chi connectivity index (χ2v) is 7.06. The van der Waals surface area contributed by atoms with Crippen LogP contribution in [0.2, 0.25) is 0 Å². The summed E-state index contributed by atoms with van der Waals surface area (Å²) < 4.78 is 33.2. The predicted molar refractivity (Wildman–Crippen MR) is 93.2 cm³/mol. The Morgan fingerprint density at radius 2 is 1.83 bits per heavy atom. The van der Waals surface area contributed by atoms with Crippen LogP contribution in [0.3, 0.4) is 0 Å². The number of nitrogens with one attached hydrogen (secondary N) is 1. The number of benzene rings is 2. The van der Waals surface area contributed by atoms with Crippen molar-refractivity contribution in [2.45, 2.75) is 31.6 Å². The summed E-state index contributed by atoms with van der Waals surface area (Å²) in [5.74, 6) is 0.439. The van der Waals surface area contributed by atoms with Gasteiger partial charge in [0, 0.05) is 11.8 Å². The molecule has 0 aliphatic rings. The zero-order chi connectivity index (χ0) is 16.9. The molecular weight excluding hydrogens is 312 g/mol. The number of hydrogen-bond donors (Lipinski definition) is 2. The Labute approximate surface area is 137 Å². The summed E-state index contributed by atoms with van der Waals surface area (Å²) in [6.45, 7) is 4.48. The summed E-state index contributed by atoms with van der Waals surface area (Å²) in [6, 6.07) is 11.6. The maximum absolute atomic E-state index is 12.5. The van der Waals surface area contributed by atoms with Crippen molar-refractivity contribution >= 4 is 21.4 Å². The molecule has 2 aromatic rings. The highest BCUT2D eigenvalue weighted by molar-refractivity contribution is 7.92. The van der Waals surface area contributed by atoms with Gasteiger partial charge in [-0.3, -0.25) is 4.72 Å². The number of hydrogen-bond acceptors (Lipinski definition) is 4. The average molecular weight is 334 g/mol. The molecule has 5 nitrogen and oxygen atoms in total. The summed E-state index contributed by atoms with van der Waals surface area (Å²) in [6.07, 6.45) is 1.88. The number of unbranched alkanes of at least 4 members (excludes halogenated alkanes) is 1. The Bertz CT molecular complexity index is 756. The van der Waals surface area contributed by atoms with Gasteiger partial charge in [0.15, 0.2) is 0 Å². The topological polar surface area (TPSA) is 81.4 Å². The molecule has 0 radical (unpaired) electrons. The molecule has 0 saturated carbocycles. The second kappa shape index (κ2) is 7.37. The fourth-order valence-corrected chi connectivity index (χ4v) is 3.06. The third kappa shape index (κ3) is 4.63. The number of nitrogens with two attached hydrogens (primary N) is 1. The van der Waals surface area contributed by atoms with Crippen molar-refractivity contribution in [3.05, 3.63) is 48.0 Å². The molecule has 0 atom stereocenters. The first-order valence-corrected chi connectivity index (χ1v) is 9.02. The highest BCUT2D eigenvalue weighted by Gasteiger charge is 2.16. The number of aryl methyl sites for hydroxylation is 1. The number of ether oxygens (including phenoxy) is 1. The summed E-state index contributed by atoms with van der Waals surface area (Å²) >= 11 is 0. The molecule has 0 aromatic heterocycles. The highest BCUT2D eigenvalue weighted by Crippen LogP contribution is 2.29. The molecule has 2 rings (SSSR count).